The van der Waals surface area contributed by atoms with E-state index in [1.807, 2.05) is 36.4 Å². The summed E-state index contributed by atoms with van der Waals surface area (Å²) in [6.45, 7) is 2.06. The Hall–Kier alpha value is -5.82. The van der Waals surface area contributed by atoms with Crippen LogP contribution in [0.25, 0.3) is 22.3 Å². The molecule has 0 aromatic heterocycles. The van der Waals surface area contributed by atoms with Crippen LogP contribution in [0.1, 0.15) is 71.3 Å². The molecular weight excluding hydrogens is 564 g/mol. The summed E-state index contributed by atoms with van der Waals surface area (Å²) in [6, 6.07) is 30.0. The van der Waals surface area contributed by atoms with Crippen LogP contribution >= 0.6 is 0 Å². The first-order valence-electron chi connectivity index (χ1n) is 14.7. The number of rotatable bonds is 6. The Morgan fingerprint density at radius 1 is 0.511 bits per heavy atom. The van der Waals surface area contributed by atoms with Gasteiger partial charge in [-0.15, -0.1) is 0 Å². The molecule has 7 nitrogen and oxygen atoms in total. The Morgan fingerprint density at radius 3 is 1.47 bits per heavy atom. The van der Waals surface area contributed by atoms with Crippen molar-refractivity contribution in [1.82, 2.24) is 0 Å². The average molecular weight is 593 g/mol. The third kappa shape index (κ3) is 4.60. The van der Waals surface area contributed by atoms with E-state index in [9.17, 15) is 19.2 Å². The number of anilines is 2. The Morgan fingerprint density at radius 2 is 0.956 bits per heavy atom. The molecule has 0 spiro atoms. The topological polar surface area (TPSA) is 130 Å². The second-order valence-electron chi connectivity index (χ2n) is 11.3. The fourth-order valence-corrected chi connectivity index (χ4v) is 6.33. The highest BCUT2D eigenvalue weighted by molar-refractivity contribution is 6.31. The largest absolute Gasteiger partial charge is 0.494 e. The van der Waals surface area contributed by atoms with Crippen molar-refractivity contribution in [3.05, 3.63) is 137 Å². The normalized spacial score (nSPS) is 17.0. The molecule has 7 heteroatoms. The summed E-state index contributed by atoms with van der Waals surface area (Å²) in [7, 11) is 0. The summed E-state index contributed by atoms with van der Waals surface area (Å²) in [4.78, 5) is 54.6. The number of Topliss-reactive ketones (excluding diaryl/α,β-unsaturated/α-hetero) is 4. The van der Waals surface area contributed by atoms with Crippen molar-refractivity contribution in [2.45, 2.75) is 18.8 Å². The van der Waals surface area contributed by atoms with Crippen molar-refractivity contribution in [2.24, 2.45) is 0 Å². The Bertz CT molecular complexity index is 2060. The fourth-order valence-electron chi connectivity index (χ4n) is 6.33. The van der Waals surface area contributed by atoms with E-state index in [2.05, 4.69) is 0 Å². The standard InChI is InChI=1S/C38H28N2O5/c1-2-45-32-19-24(33-35(41)27-14-7-22(17-30(27)37(33)43)20-3-10-25(39)11-4-20)9-16-29(32)34-36(42)28-15-8-23(18-31(28)38(34)44)21-5-12-26(40)13-6-21/h3-19,33-34H,2,39-40H2,1H3. The smallest absolute Gasteiger partial charge is 0.179 e. The van der Waals surface area contributed by atoms with Crippen LogP contribution in [-0.2, 0) is 0 Å². The Labute approximate surface area is 259 Å². The molecule has 0 fully saturated rings. The SMILES string of the molecule is CCOc1cc(C2C(=O)c3ccc(-c4ccc(N)cc4)cc3C2=O)ccc1C1C(=O)c2ccc(-c3ccc(N)cc3)cc2C1=O. The quantitative estimate of drug-likeness (QED) is 0.162. The van der Waals surface area contributed by atoms with Gasteiger partial charge in [0.1, 0.15) is 17.6 Å². The van der Waals surface area contributed by atoms with Gasteiger partial charge in [0.25, 0.3) is 0 Å². The van der Waals surface area contributed by atoms with Gasteiger partial charge >= 0.3 is 0 Å². The highest BCUT2D eigenvalue weighted by Gasteiger charge is 2.43. The van der Waals surface area contributed by atoms with Gasteiger partial charge in [-0.25, -0.2) is 0 Å². The minimum atomic E-state index is -1.09. The minimum Gasteiger partial charge on any atom is -0.494 e. The molecule has 0 saturated heterocycles. The maximum absolute atomic E-state index is 13.8. The first kappa shape index (κ1) is 28.0. The summed E-state index contributed by atoms with van der Waals surface area (Å²) in [5.41, 5.74) is 18.5. The van der Waals surface area contributed by atoms with Crippen LogP contribution in [0, 0.1) is 0 Å². The van der Waals surface area contributed by atoms with Crippen molar-refractivity contribution < 1.29 is 23.9 Å². The number of carbonyl (C=O) groups is 4. The molecule has 4 N–H and O–H groups in total. The van der Waals surface area contributed by atoms with Crippen molar-refractivity contribution >= 4 is 34.5 Å². The predicted octanol–water partition coefficient (Wildman–Crippen LogP) is 6.91. The molecule has 2 aliphatic carbocycles. The second kappa shape index (κ2) is 10.7. The molecule has 45 heavy (non-hydrogen) atoms. The van der Waals surface area contributed by atoms with Gasteiger partial charge in [-0.3, -0.25) is 19.2 Å². The van der Waals surface area contributed by atoms with Gasteiger partial charge in [0, 0.05) is 39.2 Å². The van der Waals surface area contributed by atoms with Crippen LogP contribution < -0.4 is 16.2 Å². The zero-order chi connectivity index (χ0) is 31.4. The molecule has 5 aromatic carbocycles. The summed E-state index contributed by atoms with van der Waals surface area (Å²) < 4.78 is 5.93. The highest BCUT2D eigenvalue weighted by Crippen LogP contribution is 2.43. The minimum absolute atomic E-state index is 0.261. The zero-order valence-corrected chi connectivity index (χ0v) is 24.4. The second-order valence-corrected chi connectivity index (χ2v) is 11.3. The molecule has 2 aliphatic rings. The van der Waals surface area contributed by atoms with Crippen LogP contribution in [0.3, 0.4) is 0 Å². The number of carbonyl (C=O) groups excluding carboxylic acids is 4. The molecule has 0 saturated carbocycles. The maximum Gasteiger partial charge on any atom is 0.179 e. The van der Waals surface area contributed by atoms with E-state index in [0.717, 1.165) is 22.3 Å². The molecule has 0 heterocycles. The summed E-state index contributed by atoms with van der Waals surface area (Å²) in [5.74, 6) is -3.09. The zero-order valence-electron chi connectivity index (χ0n) is 24.4. The van der Waals surface area contributed by atoms with Crippen LogP contribution in [0.4, 0.5) is 11.4 Å². The van der Waals surface area contributed by atoms with E-state index in [1.165, 1.54) is 0 Å². The summed E-state index contributed by atoms with van der Waals surface area (Å²) in [6.07, 6.45) is 0. The molecule has 0 bridgehead atoms. The molecule has 0 aliphatic heterocycles. The first-order chi connectivity index (χ1) is 21.7. The lowest BCUT2D eigenvalue weighted by molar-refractivity contribution is 0.0871. The van der Waals surface area contributed by atoms with E-state index in [0.29, 0.717) is 50.5 Å². The predicted molar refractivity (Wildman–Crippen MR) is 173 cm³/mol. The van der Waals surface area contributed by atoms with Crippen molar-refractivity contribution in [2.75, 3.05) is 18.1 Å². The molecule has 0 amide bonds. The van der Waals surface area contributed by atoms with E-state index >= 15 is 0 Å². The lowest BCUT2D eigenvalue weighted by Gasteiger charge is -2.17. The number of nitrogen functional groups attached to an aromatic ring is 2. The van der Waals surface area contributed by atoms with Gasteiger partial charge in [0.05, 0.1) is 6.61 Å². The summed E-state index contributed by atoms with van der Waals surface area (Å²) in [5, 5.41) is 0. The van der Waals surface area contributed by atoms with Gasteiger partial charge < -0.3 is 16.2 Å². The molecule has 7 rings (SSSR count). The van der Waals surface area contributed by atoms with E-state index in [4.69, 9.17) is 16.2 Å². The van der Waals surface area contributed by atoms with Crippen LogP contribution in [0.15, 0.2) is 103 Å². The van der Waals surface area contributed by atoms with Gasteiger partial charge in [0.15, 0.2) is 23.1 Å². The van der Waals surface area contributed by atoms with Crippen molar-refractivity contribution in [3.63, 3.8) is 0 Å². The van der Waals surface area contributed by atoms with E-state index in [-0.39, 0.29) is 29.7 Å². The molecule has 0 radical (unpaired) electrons. The van der Waals surface area contributed by atoms with Gasteiger partial charge in [-0.2, -0.15) is 0 Å². The molecule has 2 atom stereocenters. The van der Waals surface area contributed by atoms with Crippen LogP contribution in [0.2, 0.25) is 0 Å². The van der Waals surface area contributed by atoms with Gasteiger partial charge in [0.2, 0.25) is 0 Å². The van der Waals surface area contributed by atoms with E-state index < -0.39 is 11.8 Å². The van der Waals surface area contributed by atoms with Crippen molar-refractivity contribution in [3.8, 4) is 28.0 Å². The Kier molecular flexibility index (Phi) is 6.66. The number of nitrogens with two attached hydrogens (primary N) is 2. The number of ether oxygens (including phenoxy) is 1. The first-order valence-corrected chi connectivity index (χ1v) is 14.7. The summed E-state index contributed by atoms with van der Waals surface area (Å²) >= 11 is 0. The lowest BCUT2D eigenvalue weighted by Crippen LogP contribution is -2.17. The van der Waals surface area contributed by atoms with Gasteiger partial charge in [-0.05, 0) is 77.2 Å². The van der Waals surface area contributed by atoms with Crippen molar-refractivity contribution in [1.29, 1.82) is 0 Å². The number of hydrogen-bond acceptors (Lipinski definition) is 7. The lowest BCUT2D eigenvalue weighted by atomic mass is 9.88. The maximum atomic E-state index is 13.8. The third-order valence-electron chi connectivity index (χ3n) is 8.62. The number of hydrogen-bond donors (Lipinski definition) is 2. The molecule has 5 aromatic rings. The number of benzene rings is 5. The highest BCUT2D eigenvalue weighted by atomic mass is 16.5. The third-order valence-corrected chi connectivity index (χ3v) is 8.62. The van der Waals surface area contributed by atoms with Crippen LogP contribution in [0.5, 0.6) is 5.75 Å². The monoisotopic (exact) mass is 592 g/mol. The van der Waals surface area contributed by atoms with E-state index in [1.54, 1.807) is 73.7 Å². The average Bonchev–Trinajstić information content (AvgIpc) is 3.45. The molecule has 2 unspecified atom stereocenters. The van der Waals surface area contributed by atoms with Crippen LogP contribution in [-0.4, -0.2) is 29.7 Å². The number of fused-ring (bicyclic) bond motifs is 2. The fraction of sp³-hybridized carbons (Fsp3) is 0.105. The number of ketones is 4. The Balaban J connectivity index is 1.22. The molecule has 220 valence electrons. The molecular formula is C38H28N2O5. The van der Waals surface area contributed by atoms with Gasteiger partial charge in [-0.1, -0.05) is 60.7 Å².